The Morgan fingerprint density at radius 3 is 2.56 bits per heavy atom. The summed E-state index contributed by atoms with van der Waals surface area (Å²) in [5.41, 5.74) is 8.13. The van der Waals surface area contributed by atoms with E-state index in [1.165, 1.54) is 19.3 Å². The molecule has 0 saturated carbocycles. The summed E-state index contributed by atoms with van der Waals surface area (Å²) < 4.78 is 5.74. The Morgan fingerprint density at radius 1 is 0.944 bits per heavy atom. The standard InChI is InChI=1S/C16H20NO/c1-2-3-4-5-10-18-16-9-7-13-11-15(17)8-6-14(13)12-16/h6-9,11-12,17H,2-5,10H2,1H3. The van der Waals surface area contributed by atoms with Gasteiger partial charge in [0.1, 0.15) is 5.75 Å². The van der Waals surface area contributed by atoms with Crippen LogP contribution in [0, 0.1) is 0 Å². The lowest BCUT2D eigenvalue weighted by atomic mass is 10.1. The van der Waals surface area contributed by atoms with Crippen LogP contribution in [-0.2, 0) is 0 Å². The second kappa shape index (κ2) is 6.29. The summed E-state index contributed by atoms with van der Waals surface area (Å²) >= 11 is 0. The third-order valence-corrected chi connectivity index (χ3v) is 3.08. The number of rotatable bonds is 6. The smallest absolute Gasteiger partial charge is 0.119 e. The fourth-order valence-electron chi connectivity index (χ4n) is 2.03. The molecule has 2 aromatic rings. The van der Waals surface area contributed by atoms with Crippen LogP contribution in [0.4, 0.5) is 5.69 Å². The molecule has 0 amide bonds. The molecule has 0 aliphatic rings. The highest BCUT2D eigenvalue weighted by atomic mass is 16.5. The molecular weight excluding hydrogens is 222 g/mol. The third-order valence-electron chi connectivity index (χ3n) is 3.08. The Hall–Kier alpha value is -1.70. The number of hydrogen-bond acceptors (Lipinski definition) is 1. The first-order valence-corrected chi connectivity index (χ1v) is 6.68. The zero-order valence-corrected chi connectivity index (χ0v) is 10.9. The van der Waals surface area contributed by atoms with Gasteiger partial charge in [0.05, 0.1) is 12.3 Å². The maximum atomic E-state index is 7.57. The van der Waals surface area contributed by atoms with E-state index in [1.54, 1.807) is 0 Å². The van der Waals surface area contributed by atoms with Gasteiger partial charge in [0, 0.05) is 0 Å². The average molecular weight is 242 g/mol. The van der Waals surface area contributed by atoms with Crippen molar-refractivity contribution in [2.75, 3.05) is 6.61 Å². The van der Waals surface area contributed by atoms with Crippen LogP contribution in [0.1, 0.15) is 32.6 Å². The fraction of sp³-hybridized carbons (Fsp3) is 0.375. The van der Waals surface area contributed by atoms with Crippen LogP contribution < -0.4 is 10.5 Å². The van der Waals surface area contributed by atoms with Gasteiger partial charge in [-0.05, 0) is 41.5 Å². The van der Waals surface area contributed by atoms with Gasteiger partial charge >= 0.3 is 0 Å². The van der Waals surface area contributed by atoms with E-state index in [4.69, 9.17) is 10.5 Å². The van der Waals surface area contributed by atoms with Gasteiger partial charge in [-0.25, -0.2) is 0 Å². The zero-order valence-electron chi connectivity index (χ0n) is 10.9. The Bertz CT molecular complexity index is 507. The molecule has 2 nitrogen and oxygen atoms in total. The second-order valence-electron chi connectivity index (χ2n) is 4.63. The van der Waals surface area contributed by atoms with E-state index < -0.39 is 0 Å². The minimum atomic E-state index is 0.552. The summed E-state index contributed by atoms with van der Waals surface area (Å²) in [5.74, 6) is 0.928. The molecule has 2 heteroatoms. The quantitative estimate of drug-likeness (QED) is 0.675. The van der Waals surface area contributed by atoms with Crippen molar-refractivity contribution in [3.05, 3.63) is 36.4 Å². The van der Waals surface area contributed by atoms with Gasteiger partial charge in [-0.3, -0.25) is 0 Å². The minimum absolute atomic E-state index is 0.552. The first kappa shape index (κ1) is 12.7. The Balaban J connectivity index is 1.95. The van der Waals surface area contributed by atoms with E-state index in [9.17, 15) is 0 Å². The molecule has 1 radical (unpaired) electrons. The molecule has 0 spiro atoms. The van der Waals surface area contributed by atoms with Crippen LogP contribution in [0.15, 0.2) is 36.4 Å². The maximum absolute atomic E-state index is 7.57. The molecule has 2 rings (SSSR count). The van der Waals surface area contributed by atoms with E-state index in [0.29, 0.717) is 5.69 Å². The van der Waals surface area contributed by atoms with Crippen molar-refractivity contribution >= 4 is 16.5 Å². The molecule has 0 bridgehead atoms. The molecule has 0 aliphatic heterocycles. The summed E-state index contributed by atoms with van der Waals surface area (Å²) in [4.78, 5) is 0. The molecule has 95 valence electrons. The number of fused-ring (bicyclic) bond motifs is 1. The SMILES string of the molecule is CCCCCCOc1ccc2cc([NH])ccc2c1. The van der Waals surface area contributed by atoms with Gasteiger partial charge in [0.2, 0.25) is 0 Å². The van der Waals surface area contributed by atoms with Crippen LogP contribution in [0.3, 0.4) is 0 Å². The lowest BCUT2D eigenvalue weighted by Crippen LogP contribution is -1.96. The molecule has 0 atom stereocenters. The number of hydrogen-bond donors (Lipinski definition) is 0. The van der Waals surface area contributed by atoms with Crippen molar-refractivity contribution in [1.29, 1.82) is 0 Å². The zero-order chi connectivity index (χ0) is 12.8. The van der Waals surface area contributed by atoms with Crippen LogP contribution in [-0.4, -0.2) is 6.61 Å². The van der Waals surface area contributed by atoms with E-state index in [0.717, 1.165) is 29.5 Å². The van der Waals surface area contributed by atoms with E-state index in [-0.39, 0.29) is 0 Å². The average Bonchev–Trinajstić information content (AvgIpc) is 2.38. The van der Waals surface area contributed by atoms with Gasteiger partial charge in [0.15, 0.2) is 0 Å². The number of ether oxygens (including phenoxy) is 1. The van der Waals surface area contributed by atoms with E-state index in [2.05, 4.69) is 13.0 Å². The predicted octanol–water partition coefficient (Wildman–Crippen LogP) is 4.71. The van der Waals surface area contributed by atoms with Gasteiger partial charge in [0.25, 0.3) is 0 Å². The highest BCUT2D eigenvalue weighted by Crippen LogP contribution is 2.23. The third kappa shape index (κ3) is 3.39. The summed E-state index contributed by atoms with van der Waals surface area (Å²) in [5, 5.41) is 2.23. The highest BCUT2D eigenvalue weighted by Gasteiger charge is 1.98. The summed E-state index contributed by atoms with van der Waals surface area (Å²) in [6.07, 6.45) is 4.91. The van der Waals surface area contributed by atoms with Crippen molar-refractivity contribution in [1.82, 2.24) is 5.73 Å². The van der Waals surface area contributed by atoms with Gasteiger partial charge in [-0.1, -0.05) is 38.3 Å². The van der Waals surface area contributed by atoms with Crippen molar-refractivity contribution in [3.8, 4) is 5.75 Å². The first-order valence-electron chi connectivity index (χ1n) is 6.68. The predicted molar refractivity (Wildman–Crippen MR) is 76.3 cm³/mol. The topological polar surface area (TPSA) is 33.0 Å². The molecule has 2 aromatic carbocycles. The molecule has 0 aliphatic carbocycles. The molecular formula is C16H20NO. The summed E-state index contributed by atoms with van der Waals surface area (Å²) in [6.45, 7) is 3.01. The van der Waals surface area contributed by atoms with Crippen molar-refractivity contribution < 1.29 is 4.74 Å². The summed E-state index contributed by atoms with van der Waals surface area (Å²) in [7, 11) is 0. The molecule has 1 N–H and O–H groups in total. The lowest BCUT2D eigenvalue weighted by molar-refractivity contribution is 0.305. The molecule has 0 heterocycles. The van der Waals surface area contributed by atoms with Crippen molar-refractivity contribution in [2.45, 2.75) is 32.6 Å². The number of benzene rings is 2. The molecule has 0 aromatic heterocycles. The molecule has 0 fully saturated rings. The molecule has 0 saturated heterocycles. The van der Waals surface area contributed by atoms with E-state index >= 15 is 0 Å². The normalized spacial score (nSPS) is 10.7. The second-order valence-corrected chi connectivity index (χ2v) is 4.63. The van der Waals surface area contributed by atoms with Crippen LogP contribution in [0.5, 0.6) is 5.75 Å². The molecule has 0 unspecified atom stereocenters. The van der Waals surface area contributed by atoms with Crippen LogP contribution in [0.25, 0.3) is 10.8 Å². The van der Waals surface area contributed by atoms with Crippen LogP contribution >= 0.6 is 0 Å². The van der Waals surface area contributed by atoms with Gasteiger partial charge < -0.3 is 10.5 Å². The largest absolute Gasteiger partial charge is 0.494 e. The first-order chi connectivity index (χ1) is 8.79. The maximum Gasteiger partial charge on any atom is 0.119 e. The minimum Gasteiger partial charge on any atom is -0.494 e. The number of unbranched alkanes of at least 4 members (excludes halogenated alkanes) is 3. The summed E-state index contributed by atoms with van der Waals surface area (Å²) in [6, 6.07) is 11.7. The monoisotopic (exact) mass is 242 g/mol. The fourth-order valence-corrected chi connectivity index (χ4v) is 2.03. The van der Waals surface area contributed by atoms with Crippen molar-refractivity contribution in [2.24, 2.45) is 0 Å². The Labute approximate surface area is 109 Å². The number of nitrogens with one attached hydrogen (secondary N) is 1. The van der Waals surface area contributed by atoms with Gasteiger partial charge in [-0.2, -0.15) is 0 Å². The highest BCUT2D eigenvalue weighted by molar-refractivity contribution is 5.86. The van der Waals surface area contributed by atoms with Gasteiger partial charge in [-0.15, -0.1) is 0 Å². The van der Waals surface area contributed by atoms with Crippen LogP contribution in [0.2, 0.25) is 0 Å². The van der Waals surface area contributed by atoms with E-state index in [1.807, 2.05) is 30.3 Å². The lowest BCUT2D eigenvalue weighted by Gasteiger charge is -2.07. The van der Waals surface area contributed by atoms with Crippen molar-refractivity contribution in [3.63, 3.8) is 0 Å². The Kier molecular flexibility index (Phi) is 4.46. The molecule has 18 heavy (non-hydrogen) atoms. The Morgan fingerprint density at radius 2 is 1.72 bits per heavy atom.